The largest absolute Gasteiger partial charge is 0.461 e. The van der Waals surface area contributed by atoms with Crippen LogP contribution in [0.2, 0.25) is 0 Å². The Morgan fingerprint density at radius 3 is 2.71 bits per heavy atom. The average Bonchev–Trinajstić information content (AvgIpc) is 2.30. The third-order valence-corrected chi connectivity index (χ3v) is 2.41. The maximum Gasteiger partial charge on any atom is 0.375 e. The van der Waals surface area contributed by atoms with Crippen molar-refractivity contribution >= 4 is 11.9 Å². The highest BCUT2D eigenvalue weighted by molar-refractivity contribution is 5.92. The average molecular weight is 237 g/mol. The second-order valence-electron chi connectivity index (χ2n) is 3.58. The molecule has 0 fully saturated rings. The molecule has 5 nitrogen and oxygen atoms in total. The molecule has 1 heterocycles. The topological polar surface area (TPSA) is 73.3 Å². The van der Waals surface area contributed by atoms with Gasteiger partial charge in [0.2, 0.25) is 0 Å². The van der Waals surface area contributed by atoms with Crippen LogP contribution in [0.3, 0.4) is 0 Å². The van der Waals surface area contributed by atoms with E-state index in [0.29, 0.717) is 18.6 Å². The van der Waals surface area contributed by atoms with Crippen LogP contribution in [0.1, 0.15) is 36.7 Å². The highest BCUT2D eigenvalue weighted by Gasteiger charge is 2.27. The molecule has 0 spiro atoms. The maximum absolute atomic E-state index is 11.7. The number of aromatic nitrogens is 1. The predicted molar refractivity (Wildman–Crippen MR) is 61.1 cm³/mol. The Labute approximate surface area is 100 Å². The van der Waals surface area contributed by atoms with E-state index in [-0.39, 0.29) is 5.97 Å². The Bertz CT molecular complexity index is 418. The van der Waals surface area contributed by atoms with Gasteiger partial charge in [0.1, 0.15) is 5.56 Å². The first-order valence-corrected chi connectivity index (χ1v) is 5.57. The lowest BCUT2D eigenvalue weighted by molar-refractivity contribution is -0.711. The highest BCUT2D eigenvalue weighted by atomic mass is 16.5. The van der Waals surface area contributed by atoms with Crippen LogP contribution in [0, 0.1) is 0 Å². The van der Waals surface area contributed by atoms with Gasteiger partial charge in [0.25, 0.3) is 11.9 Å². The van der Waals surface area contributed by atoms with Crippen molar-refractivity contribution < 1.29 is 18.9 Å². The SMILES string of the molecule is CCOC(=O)C(CC)[n+]1cccc(C(N)=O)c1. The van der Waals surface area contributed by atoms with Gasteiger partial charge in [0, 0.05) is 12.5 Å². The van der Waals surface area contributed by atoms with Crippen molar-refractivity contribution in [3.63, 3.8) is 0 Å². The minimum atomic E-state index is -0.516. The first-order valence-electron chi connectivity index (χ1n) is 5.57. The van der Waals surface area contributed by atoms with Gasteiger partial charge in [0.15, 0.2) is 12.4 Å². The molecule has 1 unspecified atom stereocenters. The van der Waals surface area contributed by atoms with Crippen LogP contribution in [-0.2, 0) is 9.53 Å². The number of rotatable bonds is 5. The summed E-state index contributed by atoms with van der Waals surface area (Å²) in [6.07, 6.45) is 3.87. The number of primary amides is 1. The number of carbonyl (C=O) groups excluding carboxylic acids is 2. The minimum absolute atomic E-state index is 0.304. The number of nitrogens with zero attached hydrogens (tertiary/aromatic N) is 1. The van der Waals surface area contributed by atoms with Crippen molar-refractivity contribution in [2.75, 3.05) is 6.61 Å². The highest BCUT2D eigenvalue weighted by Crippen LogP contribution is 2.06. The van der Waals surface area contributed by atoms with Crippen LogP contribution >= 0.6 is 0 Å². The second kappa shape index (κ2) is 5.98. The van der Waals surface area contributed by atoms with Crippen molar-refractivity contribution in [1.29, 1.82) is 0 Å². The van der Waals surface area contributed by atoms with Gasteiger partial charge in [0.05, 0.1) is 6.61 Å². The van der Waals surface area contributed by atoms with Gasteiger partial charge in [-0.15, -0.1) is 0 Å². The number of ether oxygens (including phenoxy) is 1. The van der Waals surface area contributed by atoms with Gasteiger partial charge in [-0.1, -0.05) is 6.92 Å². The number of hydrogen-bond acceptors (Lipinski definition) is 3. The van der Waals surface area contributed by atoms with Gasteiger partial charge in [-0.3, -0.25) is 4.79 Å². The Morgan fingerprint density at radius 2 is 2.18 bits per heavy atom. The van der Waals surface area contributed by atoms with E-state index in [1.165, 1.54) is 0 Å². The van der Waals surface area contributed by atoms with Gasteiger partial charge in [-0.2, -0.15) is 4.57 Å². The molecule has 1 amide bonds. The first kappa shape index (κ1) is 13.2. The van der Waals surface area contributed by atoms with Crippen molar-refractivity contribution in [2.45, 2.75) is 26.3 Å². The fourth-order valence-electron chi connectivity index (χ4n) is 1.57. The second-order valence-corrected chi connectivity index (χ2v) is 3.58. The van der Waals surface area contributed by atoms with Crippen LogP contribution in [0.5, 0.6) is 0 Å². The molecule has 92 valence electrons. The van der Waals surface area contributed by atoms with Crippen LogP contribution in [-0.4, -0.2) is 18.5 Å². The number of carbonyl (C=O) groups is 2. The number of amides is 1. The Balaban J connectivity index is 2.99. The Kier molecular flexibility index (Phi) is 4.63. The standard InChI is InChI=1S/C12H16N2O3/c1-3-10(12(16)17-4-2)14-7-5-6-9(8-14)11(13)15/h5-8,10H,3-4H2,1-2H3,(H-,13,15)/p+1. The molecule has 1 aromatic rings. The van der Waals surface area contributed by atoms with Crippen molar-refractivity contribution in [1.82, 2.24) is 0 Å². The summed E-state index contributed by atoms with van der Waals surface area (Å²) in [6.45, 7) is 3.98. The summed E-state index contributed by atoms with van der Waals surface area (Å²) < 4.78 is 6.62. The molecular weight excluding hydrogens is 220 g/mol. The zero-order chi connectivity index (χ0) is 12.8. The van der Waals surface area contributed by atoms with E-state index in [1.54, 1.807) is 36.0 Å². The van der Waals surface area contributed by atoms with Gasteiger partial charge in [-0.05, 0) is 13.0 Å². The molecule has 0 aliphatic heterocycles. The van der Waals surface area contributed by atoms with E-state index in [9.17, 15) is 9.59 Å². The summed E-state index contributed by atoms with van der Waals surface area (Å²) in [5.41, 5.74) is 5.56. The number of hydrogen-bond donors (Lipinski definition) is 1. The predicted octanol–water partition coefficient (Wildman–Crippen LogP) is 0.587. The molecule has 1 aromatic heterocycles. The molecule has 0 aliphatic carbocycles. The molecule has 0 bridgehead atoms. The van der Waals surface area contributed by atoms with Crippen LogP contribution < -0.4 is 10.3 Å². The summed E-state index contributed by atoms with van der Waals surface area (Å²) in [7, 11) is 0. The molecule has 1 atom stereocenters. The third-order valence-electron chi connectivity index (χ3n) is 2.41. The zero-order valence-corrected chi connectivity index (χ0v) is 10.1. The summed E-state index contributed by atoms with van der Waals surface area (Å²) in [4.78, 5) is 22.7. The molecule has 17 heavy (non-hydrogen) atoms. The van der Waals surface area contributed by atoms with Gasteiger partial charge in [-0.25, -0.2) is 4.79 Å². The number of nitrogens with two attached hydrogens (primary N) is 1. The Hall–Kier alpha value is -1.91. The molecule has 1 rings (SSSR count). The Morgan fingerprint density at radius 1 is 1.47 bits per heavy atom. The van der Waals surface area contributed by atoms with Gasteiger partial charge < -0.3 is 10.5 Å². The molecule has 0 saturated heterocycles. The molecule has 0 aromatic carbocycles. The lowest BCUT2D eigenvalue weighted by atomic mass is 10.2. The normalized spacial score (nSPS) is 11.9. The number of pyridine rings is 1. The summed E-state index contributed by atoms with van der Waals surface area (Å²) in [5, 5.41) is 0. The zero-order valence-electron chi connectivity index (χ0n) is 10.1. The lowest BCUT2D eigenvalue weighted by Crippen LogP contribution is -2.44. The van der Waals surface area contributed by atoms with Gasteiger partial charge >= 0.3 is 5.97 Å². The lowest BCUT2D eigenvalue weighted by Gasteiger charge is -2.09. The van der Waals surface area contributed by atoms with E-state index < -0.39 is 11.9 Å². The minimum Gasteiger partial charge on any atom is -0.461 e. The molecule has 0 aliphatic rings. The molecule has 5 heteroatoms. The quantitative estimate of drug-likeness (QED) is 0.601. The third kappa shape index (κ3) is 3.27. The van der Waals surface area contributed by atoms with Crippen molar-refractivity contribution in [3.8, 4) is 0 Å². The fraction of sp³-hybridized carbons (Fsp3) is 0.417. The van der Waals surface area contributed by atoms with Crippen molar-refractivity contribution in [2.24, 2.45) is 5.73 Å². The molecule has 2 N–H and O–H groups in total. The molecule has 0 radical (unpaired) electrons. The van der Waals surface area contributed by atoms with Crippen LogP contribution in [0.4, 0.5) is 0 Å². The van der Waals surface area contributed by atoms with E-state index in [4.69, 9.17) is 10.5 Å². The monoisotopic (exact) mass is 237 g/mol. The molecular formula is C12H17N2O3+. The summed E-state index contributed by atoms with van der Waals surface area (Å²) in [5.74, 6) is -0.820. The van der Waals surface area contributed by atoms with E-state index in [1.807, 2.05) is 6.92 Å². The summed E-state index contributed by atoms with van der Waals surface area (Å²) >= 11 is 0. The first-order chi connectivity index (χ1) is 8.10. The van der Waals surface area contributed by atoms with Crippen molar-refractivity contribution in [3.05, 3.63) is 30.1 Å². The maximum atomic E-state index is 11.7. The van der Waals surface area contributed by atoms with E-state index in [0.717, 1.165) is 0 Å². The molecule has 0 saturated carbocycles. The summed E-state index contributed by atoms with van der Waals surface area (Å²) in [6, 6.07) is 2.87. The number of esters is 1. The fourth-order valence-corrected chi connectivity index (χ4v) is 1.57. The van der Waals surface area contributed by atoms with E-state index in [2.05, 4.69) is 0 Å². The van der Waals surface area contributed by atoms with Crippen LogP contribution in [0.25, 0.3) is 0 Å². The van der Waals surface area contributed by atoms with E-state index >= 15 is 0 Å². The van der Waals surface area contributed by atoms with Crippen LogP contribution in [0.15, 0.2) is 24.5 Å². The smallest absolute Gasteiger partial charge is 0.375 e.